The third-order valence-electron chi connectivity index (χ3n) is 4.66. The molecule has 0 aliphatic carbocycles. The lowest BCUT2D eigenvalue weighted by molar-refractivity contribution is -0.140. The summed E-state index contributed by atoms with van der Waals surface area (Å²) >= 11 is 0. The van der Waals surface area contributed by atoms with Crippen molar-refractivity contribution >= 4 is 11.6 Å². The Labute approximate surface area is 152 Å². The van der Waals surface area contributed by atoms with E-state index in [1.54, 1.807) is 48.4 Å². The number of aliphatic hydroxyl groups excluding tert-OH is 1. The van der Waals surface area contributed by atoms with Crippen molar-refractivity contribution in [3.63, 3.8) is 0 Å². The highest BCUT2D eigenvalue weighted by atomic mass is 19.1. The van der Waals surface area contributed by atoms with Crippen molar-refractivity contribution in [2.24, 2.45) is 0 Å². The van der Waals surface area contributed by atoms with Crippen LogP contribution < -0.4 is 9.64 Å². The van der Waals surface area contributed by atoms with Crippen LogP contribution in [0.15, 0.2) is 48.5 Å². The van der Waals surface area contributed by atoms with E-state index in [0.717, 1.165) is 18.7 Å². The first-order valence-corrected chi connectivity index (χ1v) is 8.70. The van der Waals surface area contributed by atoms with Gasteiger partial charge in [0.15, 0.2) is 6.10 Å². The lowest BCUT2D eigenvalue weighted by atomic mass is 10.1. The standard InChI is InChI=1S/C20H23FN2O3/c1-26-18-9-3-15(4-10-18)19(24)20(25)23-12-2-11-22(13-14-23)17-7-5-16(21)6-8-17/h3-10,19,24H,2,11-14H2,1H3. The number of halogens is 1. The van der Waals surface area contributed by atoms with Crippen molar-refractivity contribution < 1.29 is 19.0 Å². The molecule has 26 heavy (non-hydrogen) atoms. The molecule has 0 saturated carbocycles. The third kappa shape index (κ3) is 4.14. The third-order valence-corrected chi connectivity index (χ3v) is 4.66. The fourth-order valence-corrected chi connectivity index (χ4v) is 3.15. The quantitative estimate of drug-likeness (QED) is 0.913. The zero-order valence-electron chi connectivity index (χ0n) is 14.8. The molecule has 1 aliphatic rings. The second-order valence-electron chi connectivity index (χ2n) is 6.32. The highest BCUT2D eigenvalue weighted by molar-refractivity contribution is 5.82. The molecule has 2 aromatic rings. The highest BCUT2D eigenvalue weighted by Gasteiger charge is 2.26. The van der Waals surface area contributed by atoms with Crippen molar-refractivity contribution in [3.05, 3.63) is 59.9 Å². The van der Waals surface area contributed by atoms with Crippen molar-refractivity contribution in [1.82, 2.24) is 4.90 Å². The summed E-state index contributed by atoms with van der Waals surface area (Å²) in [6, 6.07) is 13.2. The number of amides is 1. The minimum absolute atomic E-state index is 0.261. The molecule has 1 atom stereocenters. The molecule has 1 aliphatic heterocycles. The lowest BCUT2D eigenvalue weighted by Crippen LogP contribution is -2.38. The SMILES string of the molecule is COc1ccc(C(O)C(=O)N2CCCN(c3ccc(F)cc3)CC2)cc1. The topological polar surface area (TPSA) is 53.0 Å². The fourth-order valence-electron chi connectivity index (χ4n) is 3.15. The lowest BCUT2D eigenvalue weighted by Gasteiger charge is -2.25. The van der Waals surface area contributed by atoms with Crippen molar-refractivity contribution in [2.75, 3.05) is 38.2 Å². The molecule has 1 amide bonds. The van der Waals surface area contributed by atoms with E-state index in [-0.39, 0.29) is 11.7 Å². The molecule has 0 bridgehead atoms. The minimum atomic E-state index is -1.18. The molecule has 0 radical (unpaired) electrons. The normalized spacial score (nSPS) is 16.1. The Morgan fingerprint density at radius 2 is 1.73 bits per heavy atom. The number of carbonyl (C=O) groups excluding carboxylic acids is 1. The first-order valence-electron chi connectivity index (χ1n) is 8.70. The first kappa shape index (κ1) is 18.2. The zero-order valence-corrected chi connectivity index (χ0v) is 14.8. The van der Waals surface area contributed by atoms with E-state index in [0.29, 0.717) is 30.9 Å². The van der Waals surface area contributed by atoms with Gasteiger partial charge in [0.05, 0.1) is 7.11 Å². The average molecular weight is 358 g/mol. The van der Waals surface area contributed by atoms with Crippen LogP contribution in [-0.2, 0) is 4.79 Å². The van der Waals surface area contributed by atoms with Crippen molar-refractivity contribution in [1.29, 1.82) is 0 Å². The summed E-state index contributed by atoms with van der Waals surface area (Å²) in [7, 11) is 1.57. The number of rotatable bonds is 4. The molecule has 1 saturated heterocycles. The van der Waals surface area contributed by atoms with Gasteiger partial charge in [0.25, 0.3) is 5.91 Å². The van der Waals surface area contributed by atoms with E-state index in [9.17, 15) is 14.3 Å². The second-order valence-corrected chi connectivity index (χ2v) is 6.32. The van der Waals surface area contributed by atoms with Gasteiger partial charge in [-0.15, -0.1) is 0 Å². The van der Waals surface area contributed by atoms with E-state index in [1.165, 1.54) is 12.1 Å². The number of anilines is 1. The molecule has 1 unspecified atom stereocenters. The fraction of sp³-hybridized carbons (Fsp3) is 0.350. The van der Waals surface area contributed by atoms with Crippen LogP contribution in [0.3, 0.4) is 0 Å². The van der Waals surface area contributed by atoms with Crippen LogP contribution in [0.2, 0.25) is 0 Å². The van der Waals surface area contributed by atoms with Gasteiger partial charge in [0.1, 0.15) is 11.6 Å². The summed E-state index contributed by atoms with van der Waals surface area (Å²) in [5.41, 5.74) is 1.49. The first-order chi connectivity index (χ1) is 12.6. The Hall–Kier alpha value is -2.60. The van der Waals surface area contributed by atoms with Gasteiger partial charge in [0.2, 0.25) is 0 Å². The molecular weight excluding hydrogens is 335 g/mol. The Kier molecular flexibility index (Phi) is 5.73. The molecular formula is C20H23FN2O3. The van der Waals surface area contributed by atoms with Crippen molar-refractivity contribution in [2.45, 2.75) is 12.5 Å². The molecule has 1 fully saturated rings. The molecule has 0 aromatic heterocycles. The van der Waals surface area contributed by atoms with E-state index in [1.807, 2.05) is 0 Å². The smallest absolute Gasteiger partial charge is 0.256 e. The largest absolute Gasteiger partial charge is 0.497 e. The maximum Gasteiger partial charge on any atom is 0.256 e. The predicted molar refractivity (Wildman–Crippen MR) is 97.8 cm³/mol. The van der Waals surface area contributed by atoms with E-state index >= 15 is 0 Å². The van der Waals surface area contributed by atoms with Gasteiger partial charge in [-0.2, -0.15) is 0 Å². The van der Waals surface area contributed by atoms with Gasteiger partial charge >= 0.3 is 0 Å². The molecule has 138 valence electrons. The van der Waals surface area contributed by atoms with Crippen LogP contribution in [0.25, 0.3) is 0 Å². The summed E-state index contributed by atoms with van der Waals surface area (Å²) < 4.78 is 18.2. The number of carbonyl (C=O) groups is 1. The molecule has 5 nitrogen and oxygen atoms in total. The number of nitrogens with zero attached hydrogens (tertiary/aromatic N) is 2. The van der Waals surface area contributed by atoms with E-state index < -0.39 is 6.10 Å². The van der Waals surface area contributed by atoms with Crippen LogP contribution in [0, 0.1) is 5.82 Å². The number of hydrogen-bond donors (Lipinski definition) is 1. The molecule has 6 heteroatoms. The van der Waals surface area contributed by atoms with Gasteiger partial charge in [0, 0.05) is 31.9 Å². The molecule has 1 heterocycles. The predicted octanol–water partition coefficient (Wildman–Crippen LogP) is 2.61. The van der Waals surface area contributed by atoms with Gasteiger partial charge in [-0.3, -0.25) is 4.79 Å². The molecule has 1 N–H and O–H groups in total. The van der Waals surface area contributed by atoms with Gasteiger partial charge in [-0.25, -0.2) is 4.39 Å². The van der Waals surface area contributed by atoms with Gasteiger partial charge in [-0.05, 0) is 48.4 Å². The van der Waals surface area contributed by atoms with Crippen LogP contribution in [0.5, 0.6) is 5.75 Å². The Morgan fingerprint density at radius 1 is 1.04 bits per heavy atom. The number of benzene rings is 2. The maximum atomic E-state index is 13.1. The number of ether oxygens (including phenoxy) is 1. The Bertz CT molecular complexity index is 734. The zero-order chi connectivity index (χ0) is 18.5. The molecule has 0 spiro atoms. The summed E-state index contributed by atoms with van der Waals surface area (Å²) in [6.07, 6.45) is -0.392. The maximum absolute atomic E-state index is 13.1. The average Bonchev–Trinajstić information content (AvgIpc) is 2.94. The number of methoxy groups -OCH3 is 1. The van der Waals surface area contributed by atoms with E-state index in [4.69, 9.17) is 4.74 Å². The Balaban J connectivity index is 1.63. The monoisotopic (exact) mass is 358 g/mol. The van der Waals surface area contributed by atoms with Crippen LogP contribution in [0.1, 0.15) is 18.1 Å². The molecule has 2 aromatic carbocycles. The van der Waals surface area contributed by atoms with Crippen LogP contribution in [0.4, 0.5) is 10.1 Å². The van der Waals surface area contributed by atoms with Gasteiger partial charge < -0.3 is 19.6 Å². The summed E-state index contributed by atoms with van der Waals surface area (Å²) in [6.45, 7) is 2.54. The summed E-state index contributed by atoms with van der Waals surface area (Å²) in [4.78, 5) is 16.5. The minimum Gasteiger partial charge on any atom is -0.497 e. The summed E-state index contributed by atoms with van der Waals surface area (Å²) in [5.74, 6) is 0.122. The number of aliphatic hydroxyl groups is 1. The Morgan fingerprint density at radius 3 is 2.38 bits per heavy atom. The van der Waals surface area contributed by atoms with Crippen LogP contribution >= 0.6 is 0 Å². The van der Waals surface area contributed by atoms with Gasteiger partial charge in [-0.1, -0.05) is 12.1 Å². The molecule has 3 rings (SSSR count). The van der Waals surface area contributed by atoms with Crippen LogP contribution in [-0.4, -0.2) is 49.2 Å². The highest BCUT2D eigenvalue weighted by Crippen LogP contribution is 2.22. The number of hydrogen-bond acceptors (Lipinski definition) is 4. The van der Waals surface area contributed by atoms with E-state index in [2.05, 4.69) is 4.90 Å². The van der Waals surface area contributed by atoms with Crippen molar-refractivity contribution in [3.8, 4) is 5.75 Å². The second kappa shape index (κ2) is 8.19. The summed E-state index contributed by atoms with van der Waals surface area (Å²) in [5, 5.41) is 10.4.